The molecule has 1 fully saturated rings. The van der Waals surface area contributed by atoms with Crippen LogP contribution in [0.1, 0.15) is 28.8 Å². The molecular formula is C13H15ClFNO. The van der Waals surface area contributed by atoms with Crippen molar-refractivity contribution in [3.8, 4) is 0 Å². The Hall–Kier alpha value is -1.09. The highest BCUT2D eigenvalue weighted by atomic mass is 35.5. The van der Waals surface area contributed by atoms with Crippen molar-refractivity contribution in [1.82, 2.24) is 4.90 Å². The van der Waals surface area contributed by atoms with Gasteiger partial charge >= 0.3 is 0 Å². The van der Waals surface area contributed by atoms with Crippen LogP contribution in [0, 0.1) is 12.7 Å². The number of carbonyl (C=O) groups excluding carboxylic acids is 1. The highest BCUT2D eigenvalue weighted by Crippen LogP contribution is 2.18. The Morgan fingerprint density at radius 2 is 2.06 bits per heavy atom. The Labute approximate surface area is 105 Å². The predicted octanol–water partition coefficient (Wildman–Crippen LogP) is 2.98. The van der Waals surface area contributed by atoms with Gasteiger partial charge < -0.3 is 4.90 Å². The second-order valence-corrected chi connectivity index (χ2v) is 5.05. The summed E-state index contributed by atoms with van der Waals surface area (Å²) >= 11 is 5.98. The number of benzene rings is 1. The minimum atomic E-state index is -0.330. The SMILES string of the molecule is Cc1ccc(C(=O)N2CCC(Cl)CC2)cc1F. The zero-order chi connectivity index (χ0) is 12.4. The van der Waals surface area contributed by atoms with Gasteiger partial charge in [0.25, 0.3) is 5.91 Å². The third-order valence-electron chi connectivity index (χ3n) is 3.13. The molecule has 1 saturated heterocycles. The van der Waals surface area contributed by atoms with E-state index in [1.54, 1.807) is 24.0 Å². The summed E-state index contributed by atoms with van der Waals surface area (Å²) in [6.07, 6.45) is 1.61. The lowest BCUT2D eigenvalue weighted by Crippen LogP contribution is -2.38. The lowest BCUT2D eigenvalue weighted by atomic mass is 10.1. The number of likely N-dealkylation sites (tertiary alicyclic amines) is 1. The molecule has 1 aliphatic heterocycles. The summed E-state index contributed by atoms with van der Waals surface area (Å²) in [6.45, 7) is 2.99. The Kier molecular flexibility index (Phi) is 3.67. The van der Waals surface area contributed by atoms with Gasteiger partial charge in [-0.05, 0) is 37.5 Å². The highest BCUT2D eigenvalue weighted by Gasteiger charge is 2.22. The Morgan fingerprint density at radius 3 is 2.65 bits per heavy atom. The van der Waals surface area contributed by atoms with Crippen molar-refractivity contribution < 1.29 is 9.18 Å². The third-order valence-corrected chi connectivity index (χ3v) is 3.57. The van der Waals surface area contributed by atoms with Gasteiger partial charge in [0.1, 0.15) is 5.82 Å². The van der Waals surface area contributed by atoms with Crippen LogP contribution >= 0.6 is 11.6 Å². The summed E-state index contributed by atoms with van der Waals surface area (Å²) in [7, 11) is 0. The van der Waals surface area contributed by atoms with Gasteiger partial charge in [-0.15, -0.1) is 11.6 Å². The fraction of sp³-hybridized carbons (Fsp3) is 0.462. The molecule has 0 N–H and O–H groups in total. The van der Waals surface area contributed by atoms with Crippen LogP contribution in [-0.2, 0) is 0 Å². The average Bonchev–Trinajstić information content (AvgIpc) is 2.33. The summed E-state index contributed by atoms with van der Waals surface area (Å²) in [5, 5.41) is 0.161. The summed E-state index contributed by atoms with van der Waals surface area (Å²) in [6, 6.07) is 4.62. The van der Waals surface area contributed by atoms with Crippen molar-refractivity contribution in [2.45, 2.75) is 25.1 Å². The van der Waals surface area contributed by atoms with E-state index in [0.29, 0.717) is 24.2 Å². The standard InChI is InChI=1S/C13H15ClFNO/c1-9-2-3-10(8-12(9)15)13(17)16-6-4-11(14)5-7-16/h2-3,8,11H,4-7H2,1H3. The molecule has 0 atom stereocenters. The van der Waals surface area contributed by atoms with Gasteiger partial charge in [-0.2, -0.15) is 0 Å². The number of rotatable bonds is 1. The maximum Gasteiger partial charge on any atom is 0.253 e. The quantitative estimate of drug-likeness (QED) is 0.707. The molecule has 4 heteroatoms. The van der Waals surface area contributed by atoms with E-state index in [9.17, 15) is 9.18 Å². The number of alkyl halides is 1. The average molecular weight is 256 g/mol. The summed E-state index contributed by atoms with van der Waals surface area (Å²) in [4.78, 5) is 13.8. The third kappa shape index (κ3) is 2.78. The fourth-order valence-corrected chi connectivity index (χ4v) is 2.15. The number of nitrogens with zero attached hydrogens (tertiary/aromatic N) is 1. The largest absolute Gasteiger partial charge is 0.339 e. The van der Waals surface area contributed by atoms with E-state index in [1.165, 1.54) is 6.07 Å². The zero-order valence-electron chi connectivity index (χ0n) is 9.75. The van der Waals surface area contributed by atoms with Crippen molar-refractivity contribution in [3.63, 3.8) is 0 Å². The normalized spacial score (nSPS) is 17.2. The van der Waals surface area contributed by atoms with E-state index in [4.69, 9.17) is 11.6 Å². The Balaban J connectivity index is 2.11. The number of halogens is 2. The molecule has 0 saturated carbocycles. The number of aryl methyl sites for hydroxylation is 1. The zero-order valence-corrected chi connectivity index (χ0v) is 10.5. The number of carbonyl (C=O) groups is 1. The van der Waals surface area contributed by atoms with Crippen LogP contribution < -0.4 is 0 Å². The predicted molar refractivity (Wildman–Crippen MR) is 65.9 cm³/mol. The van der Waals surface area contributed by atoms with Crippen molar-refractivity contribution in [3.05, 3.63) is 35.1 Å². The molecule has 0 unspecified atom stereocenters. The molecule has 1 amide bonds. The van der Waals surface area contributed by atoms with Crippen LogP contribution in [0.4, 0.5) is 4.39 Å². The van der Waals surface area contributed by atoms with Gasteiger partial charge in [-0.3, -0.25) is 4.79 Å². The van der Waals surface area contributed by atoms with E-state index < -0.39 is 0 Å². The molecule has 1 heterocycles. The molecule has 0 bridgehead atoms. The van der Waals surface area contributed by atoms with E-state index >= 15 is 0 Å². The van der Waals surface area contributed by atoms with Gasteiger partial charge in [0.05, 0.1) is 0 Å². The first-order valence-corrected chi connectivity index (χ1v) is 6.21. The van der Waals surface area contributed by atoms with Crippen molar-refractivity contribution in [2.24, 2.45) is 0 Å². The molecule has 17 heavy (non-hydrogen) atoms. The van der Waals surface area contributed by atoms with Gasteiger partial charge in [0.15, 0.2) is 0 Å². The molecule has 2 nitrogen and oxygen atoms in total. The van der Waals surface area contributed by atoms with Crippen LogP contribution in [0.3, 0.4) is 0 Å². The van der Waals surface area contributed by atoms with E-state index in [2.05, 4.69) is 0 Å². The molecular weight excluding hydrogens is 241 g/mol. The van der Waals surface area contributed by atoms with Gasteiger partial charge in [0, 0.05) is 24.0 Å². The summed E-state index contributed by atoms with van der Waals surface area (Å²) < 4.78 is 13.4. The molecule has 1 aromatic rings. The van der Waals surface area contributed by atoms with E-state index in [1.807, 2.05) is 0 Å². The van der Waals surface area contributed by atoms with Gasteiger partial charge in [-0.1, -0.05) is 6.07 Å². The minimum Gasteiger partial charge on any atom is -0.339 e. The summed E-state index contributed by atoms with van der Waals surface area (Å²) in [5.41, 5.74) is 0.974. The molecule has 0 spiro atoms. The molecule has 0 aliphatic carbocycles. The number of hydrogen-bond donors (Lipinski definition) is 0. The Morgan fingerprint density at radius 1 is 1.41 bits per heavy atom. The molecule has 1 aromatic carbocycles. The lowest BCUT2D eigenvalue weighted by molar-refractivity contribution is 0.0726. The second kappa shape index (κ2) is 5.05. The fourth-order valence-electron chi connectivity index (χ4n) is 1.96. The number of piperidine rings is 1. The van der Waals surface area contributed by atoms with E-state index in [0.717, 1.165) is 12.8 Å². The van der Waals surface area contributed by atoms with Crippen LogP contribution in [0.5, 0.6) is 0 Å². The van der Waals surface area contributed by atoms with Gasteiger partial charge in [-0.25, -0.2) is 4.39 Å². The maximum absolute atomic E-state index is 13.4. The summed E-state index contributed by atoms with van der Waals surface area (Å²) in [5.74, 6) is -0.435. The monoisotopic (exact) mass is 255 g/mol. The second-order valence-electron chi connectivity index (χ2n) is 4.43. The molecule has 0 radical (unpaired) electrons. The van der Waals surface area contributed by atoms with Crippen LogP contribution in [0.2, 0.25) is 0 Å². The van der Waals surface area contributed by atoms with Crippen LogP contribution in [-0.4, -0.2) is 29.3 Å². The minimum absolute atomic E-state index is 0.104. The first-order valence-electron chi connectivity index (χ1n) is 5.77. The lowest BCUT2D eigenvalue weighted by Gasteiger charge is -2.29. The maximum atomic E-state index is 13.4. The first-order chi connectivity index (χ1) is 8.08. The van der Waals surface area contributed by atoms with Crippen molar-refractivity contribution in [2.75, 3.05) is 13.1 Å². The first kappa shape index (κ1) is 12.4. The Bertz CT molecular complexity index is 427. The van der Waals surface area contributed by atoms with Crippen LogP contribution in [0.25, 0.3) is 0 Å². The topological polar surface area (TPSA) is 20.3 Å². The van der Waals surface area contributed by atoms with Gasteiger partial charge in [0.2, 0.25) is 0 Å². The molecule has 92 valence electrons. The smallest absolute Gasteiger partial charge is 0.253 e. The van der Waals surface area contributed by atoms with Crippen molar-refractivity contribution in [1.29, 1.82) is 0 Å². The molecule has 0 aromatic heterocycles. The van der Waals surface area contributed by atoms with E-state index in [-0.39, 0.29) is 17.1 Å². The number of hydrogen-bond acceptors (Lipinski definition) is 1. The highest BCUT2D eigenvalue weighted by molar-refractivity contribution is 6.20. The van der Waals surface area contributed by atoms with Crippen molar-refractivity contribution >= 4 is 17.5 Å². The van der Waals surface area contributed by atoms with Crippen LogP contribution in [0.15, 0.2) is 18.2 Å². The molecule has 1 aliphatic rings. The number of amides is 1. The molecule has 2 rings (SSSR count).